The lowest BCUT2D eigenvalue weighted by atomic mass is 10.2. The summed E-state index contributed by atoms with van der Waals surface area (Å²) in [5, 5.41) is 4.57. The van der Waals surface area contributed by atoms with Gasteiger partial charge in [0, 0.05) is 25.5 Å². The van der Waals surface area contributed by atoms with E-state index in [1.54, 1.807) is 18.2 Å². The number of hydrogen-bond acceptors (Lipinski definition) is 2. The van der Waals surface area contributed by atoms with Crippen molar-refractivity contribution in [3.05, 3.63) is 35.6 Å². The summed E-state index contributed by atoms with van der Waals surface area (Å²) in [6.45, 7) is 0.630. The lowest BCUT2D eigenvalue weighted by Crippen LogP contribution is -3.13. The van der Waals surface area contributed by atoms with E-state index >= 15 is 0 Å². The van der Waals surface area contributed by atoms with E-state index < -0.39 is 6.03 Å². The Morgan fingerprint density at radius 1 is 1.35 bits per heavy atom. The van der Waals surface area contributed by atoms with Gasteiger partial charge in [-0.2, -0.15) is 0 Å². The van der Waals surface area contributed by atoms with Crippen LogP contribution in [0.25, 0.3) is 0 Å². The summed E-state index contributed by atoms with van der Waals surface area (Å²) >= 11 is 0. The Bertz CT molecular complexity index is 503. The highest BCUT2D eigenvalue weighted by atomic mass is 19.1. The molecule has 1 saturated carbocycles. The SMILES string of the molecule is CNC(=O)NC(=O)C[NH+](Cc1ccccc1F)C1CC1. The number of carbonyl (C=O) groups excluding carboxylic acids is 2. The molecule has 1 aromatic carbocycles. The molecule has 1 aromatic rings. The van der Waals surface area contributed by atoms with Crippen LogP contribution in [0.1, 0.15) is 18.4 Å². The van der Waals surface area contributed by atoms with Gasteiger partial charge < -0.3 is 10.2 Å². The van der Waals surface area contributed by atoms with Crippen LogP contribution < -0.4 is 15.5 Å². The van der Waals surface area contributed by atoms with E-state index in [0.717, 1.165) is 17.7 Å². The number of benzene rings is 1. The molecule has 0 saturated heterocycles. The molecule has 3 N–H and O–H groups in total. The van der Waals surface area contributed by atoms with Crippen LogP contribution in [0.15, 0.2) is 24.3 Å². The van der Waals surface area contributed by atoms with E-state index in [2.05, 4.69) is 10.6 Å². The van der Waals surface area contributed by atoms with Crippen LogP contribution in [0, 0.1) is 5.82 Å². The van der Waals surface area contributed by atoms with Crippen LogP contribution >= 0.6 is 0 Å². The summed E-state index contributed by atoms with van der Waals surface area (Å²) in [4.78, 5) is 23.8. The third-order valence-electron chi connectivity index (χ3n) is 3.40. The van der Waals surface area contributed by atoms with Gasteiger partial charge in [0.15, 0.2) is 6.54 Å². The molecule has 1 aliphatic rings. The lowest BCUT2D eigenvalue weighted by Gasteiger charge is -2.18. The van der Waals surface area contributed by atoms with E-state index in [1.165, 1.54) is 13.1 Å². The maximum Gasteiger partial charge on any atom is 0.321 e. The van der Waals surface area contributed by atoms with Crippen molar-refractivity contribution in [2.75, 3.05) is 13.6 Å². The van der Waals surface area contributed by atoms with E-state index in [1.807, 2.05) is 0 Å². The number of quaternary nitrogens is 1. The number of rotatable bonds is 5. The normalized spacial score (nSPS) is 15.5. The molecule has 0 spiro atoms. The molecule has 108 valence electrons. The van der Waals surface area contributed by atoms with Crippen LogP contribution in [0.5, 0.6) is 0 Å². The highest BCUT2D eigenvalue weighted by Crippen LogP contribution is 2.16. The van der Waals surface area contributed by atoms with Crippen molar-refractivity contribution in [3.8, 4) is 0 Å². The fourth-order valence-corrected chi connectivity index (χ4v) is 2.17. The average Bonchev–Trinajstić information content (AvgIpc) is 3.24. The van der Waals surface area contributed by atoms with Crippen molar-refractivity contribution in [1.82, 2.24) is 10.6 Å². The number of hydrogen-bond donors (Lipinski definition) is 3. The molecule has 1 unspecified atom stereocenters. The summed E-state index contributed by atoms with van der Waals surface area (Å²) < 4.78 is 13.7. The smallest absolute Gasteiger partial charge is 0.321 e. The highest BCUT2D eigenvalue weighted by molar-refractivity contribution is 5.94. The Labute approximate surface area is 117 Å². The van der Waals surface area contributed by atoms with Gasteiger partial charge in [0.2, 0.25) is 0 Å². The summed E-state index contributed by atoms with van der Waals surface area (Å²) in [7, 11) is 1.45. The van der Waals surface area contributed by atoms with Crippen molar-refractivity contribution in [1.29, 1.82) is 0 Å². The Hall–Kier alpha value is -1.95. The second kappa shape index (κ2) is 6.47. The number of halogens is 1. The van der Waals surface area contributed by atoms with Crippen molar-refractivity contribution < 1.29 is 18.9 Å². The third-order valence-corrected chi connectivity index (χ3v) is 3.40. The molecular weight excluding hydrogens is 261 g/mol. The fourth-order valence-electron chi connectivity index (χ4n) is 2.17. The molecular formula is C14H19FN3O2+. The Morgan fingerprint density at radius 3 is 2.65 bits per heavy atom. The molecule has 1 fully saturated rings. The van der Waals surface area contributed by atoms with Gasteiger partial charge >= 0.3 is 6.03 Å². The molecule has 0 radical (unpaired) electrons. The van der Waals surface area contributed by atoms with E-state index in [-0.39, 0.29) is 18.3 Å². The van der Waals surface area contributed by atoms with E-state index in [9.17, 15) is 14.0 Å². The molecule has 2 rings (SSSR count). The van der Waals surface area contributed by atoms with Gasteiger partial charge in [0.05, 0.1) is 6.04 Å². The summed E-state index contributed by atoms with van der Waals surface area (Å²) in [6, 6.07) is 6.45. The van der Waals surface area contributed by atoms with Gasteiger partial charge in [-0.1, -0.05) is 18.2 Å². The van der Waals surface area contributed by atoms with Crippen LogP contribution in [-0.2, 0) is 11.3 Å². The first-order chi connectivity index (χ1) is 9.60. The maximum atomic E-state index is 13.7. The number of amides is 3. The molecule has 0 aliphatic heterocycles. The topological polar surface area (TPSA) is 62.6 Å². The minimum absolute atomic E-state index is 0.173. The fraction of sp³-hybridized carbons (Fsp3) is 0.429. The highest BCUT2D eigenvalue weighted by Gasteiger charge is 2.35. The number of imide groups is 1. The molecule has 5 nitrogen and oxygen atoms in total. The molecule has 0 heterocycles. The zero-order valence-electron chi connectivity index (χ0n) is 11.4. The molecule has 1 atom stereocenters. The van der Waals surface area contributed by atoms with Gasteiger partial charge in [0.25, 0.3) is 5.91 Å². The number of nitrogens with one attached hydrogen (secondary N) is 3. The molecule has 3 amide bonds. The lowest BCUT2D eigenvalue weighted by molar-refractivity contribution is -0.917. The van der Waals surface area contributed by atoms with Crippen LogP contribution in [0.3, 0.4) is 0 Å². The molecule has 0 aromatic heterocycles. The van der Waals surface area contributed by atoms with Gasteiger partial charge in [-0.3, -0.25) is 10.1 Å². The van der Waals surface area contributed by atoms with Crippen LogP contribution in [0.2, 0.25) is 0 Å². The summed E-state index contributed by atoms with van der Waals surface area (Å²) in [6.07, 6.45) is 2.08. The van der Waals surface area contributed by atoms with Gasteiger partial charge in [-0.25, -0.2) is 9.18 Å². The second-order valence-electron chi connectivity index (χ2n) is 5.00. The van der Waals surface area contributed by atoms with E-state index in [0.29, 0.717) is 18.2 Å². The monoisotopic (exact) mass is 280 g/mol. The first-order valence-corrected chi connectivity index (χ1v) is 6.69. The summed E-state index contributed by atoms with van der Waals surface area (Å²) in [5.41, 5.74) is 0.599. The number of carbonyl (C=O) groups is 2. The maximum absolute atomic E-state index is 13.7. The largest absolute Gasteiger partial charge is 0.341 e. The van der Waals surface area contributed by atoms with E-state index in [4.69, 9.17) is 0 Å². The van der Waals surface area contributed by atoms with Crippen LogP contribution in [0.4, 0.5) is 9.18 Å². The van der Waals surface area contributed by atoms with Gasteiger partial charge in [0.1, 0.15) is 12.4 Å². The Kier molecular flexibility index (Phi) is 4.68. The van der Waals surface area contributed by atoms with Crippen molar-refractivity contribution in [2.45, 2.75) is 25.4 Å². The average molecular weight is 280 g/mol. The Morgan fingerprint density at radius 2 is 2.05 bits per heavy atom. The minimum atomic E-state index is -0.518. The Balaban J connectivity index is 1.96. The molecule has 1 aliphatic carbocycles. The van der Waals surface area contributed by atoms with Crippen molar-refractivity contribution >= 4 is 11.9 Å². The molecule has 6 heteroatoms. The third kappa shape index (κ3) is 4.03. The first-order valence-electron chi connectivity index (χ1n) is 6.69. The van der Waals surface area contributed by atoms with Gasteiger partial charge in [-0.15, -0.1) is 0 Å². The van der Waals surface area contributed by atoms with Gasteiger partial charge in [-0.05, 0) is 6.07 Å². The zero-order chi connectivity index (χ0) is 14.5. The van der Waals surface area contributed by atoms with Crippen LogP contribution in [-0.4, -0.2) is 31.6 Å². The number of urea groups is 1. The van der Waals surface area contributed by atoms with Crippen molar-refractivity contribution in [2.24, 2.45) is 0 Å². The summed E-state index contributed by atoms with van der Waals surface area (Å²) in [5.74, 6) is -0.597. The molecule has 0 bridgehead atoms. The second-order valence-corrected chi connectivity index (χ2v) is 5.00. The predicted molar refractivity (Wildman–Crippen MR) is 71.6 cm³/mol. The molecule has 20 heavy (non-hydrogen) atoms. The predicted octanol–water partition coefficient (Wildman–Crippen LogP) is -0.171. The van der Waals surface area contributed by atoms with Crippen molar-refractivity contribution in [3.63, 3.8) is 0 Å². The standard InChI is InChI=1S/C14H18FN3O2/c1-16-14(20)17-13(19)9-18(11-6-7-11)8-10-4-2-3-5-12(10)15/h2-5,11H,6-9H2,1H3,(H2,16,17,19,20)/p+1. The first kappa shape index (κ1) is 14.5. The minimum Gasteiger partial charge on any atom is -0.341 e. The zero-order valence-corrected chi connectivity index (χ0v) is 11.4. The quantitative estimate of drug-likeness (QED) is 0.701.